The molecule has 0 aromatic heterocycles. The van der Waals surface area contributed by atoms with E-state index < -0.39 is 0 Å². The Bertz CT molecular complexity index is 617. The van der Waals surface area contributed by atoms with Gasteiger partial charge in [-0.15, -0.1) is 0 Å². The number of carbonyl (C=O) groups is 2. The third kappa shape index (κ3) is 4.82. The highest BCUT2D eigenvalue weighted by molar-refractivity contribution is 5.79. The van der Waals surface area contributed by atoms with Crippen molar-refractivity contribution in [3.8, 4) is 0 Å². The Morgan fingerprint density at radius 2 is 2.00 bits per heavy atom. The number of likely N-dealkylation sites (tertiary alicyclic amines) is 1. The van der Waals surface area contributed by atoms with Crippen LogP contribution in [0.1, 0.15) is 43.2 Å². The van der Waals surface area contributed by atoms with Crippen molar-refractivity contribution in [2.75, 3.05) is 26.7 Å². The Morgan fingerprint density at radius 3 is 2.84 bits per heavy atom. The van der Waals surface area contributed by atoms with Crippen LogP contribution in [0.4, 0.5) is 0 Å². The maximum atomic E-state index is 12.2. The zero-order chi connectivity index (χ0) is 17.6. The first-order chi connectivity index (χ1) is 12.1. The fraction of sp³-hybridized carbons (Fsp3) is 0.600. The van der Waals surface area contributed by atoms with E-state index in [1.165, 1.54) is 11.1 Å². The van der Waals surface area contributed by atoms with Gasteiger partial charge in [0.2, 0.25) is 11.8 Å². The average Bonchev–Trinajstić information content (AvgIpc) is 2.82. The molecule has 0 aliphatic carbocycles. The number of amides is 2. The fourth-order valence-corrected chi connectivity index (χ4v) is 3.78. The molecule has 1 saturated heterocycles. The molecule has 1 N–H and O–H groups in total. The zero-order valence-electron chi connectivity index (χ0n) is 15.2. The Morgan fingerprint density at radius 1 is 1.20 bits per heavy atom. The lowest BCUT2D eigenvalue weighted by atomic mass is 9.94. The van der Waals surface area contributed by atoms with Crippen LogP contribution in [0, 0.1) is 0 Å². The number of rotatable bonds is 5. The number of fused-ring (bicyclic) bond motifs is 1. The third-order valence-electron chi connectivity index (χ3n) is 5.43. The lowest BCUT2D eigenvalue weighted by Crippen LogP contribution is -2.46. The molecule has 0 bridgehead atoms. The first kappa shape index (κ1) is 17.9. The van der Waals surface area contributed by atoms with Gasteiger partial charge in [0.05, 0.1) is 0 Å². The molecule has 1 aromatic rings. The smallest absolute Gasteiger partial charge is 0.222 e. The monoisotopic (exact) mass is 343 g/mol. The largest absolute Gasteiger partial charge is 0.354 e. The van der Waals surface area contributed by atoms with Gasteiger partial charge in [-0.1, -0.05) is 30.7 Å². The molecule has 136 valence electrons. The van der Waals surface area contributed by atoms with Gasteiger partial charge in [-0.25, -0.2) is 0 Å². The van der Waals surface area contributed by atoms with Gasteiger partial charge in [0.25, 0.3) is 0 Å². The maximum Gasteiger partial charge on any atom is 0.222 e. The fourth-order valence-electron chi connectivity index (χ4n) is 3.78. The van der Waals surface area contributed by atoms with E-state index >= 15 is 0 Å². The van der Waals surface area contributed by atoms with E-state index in [4.69, 9.17) is 0 Å². The molecule has 2 heterocycles. The summed E-state index contributed by atoms with van der Waals surface area (Å²) in [5.74, 6) is 0.248. The molecule has 0 saturated carbocycles. The second kappa shape index (κ2) is 8.48. The van der Waals surface area contributed by atoms with Crippen LogP contribution in [0.3, 0.4) is 0 Å². The number of nitrogens with zero attached hydrogens (tertiary/aromatic N) is 2. The SMILES string of the molecule is CN1Cc2ccccc2C[C@H]1CNC(=O)CCN1CCCCCC1=O. The van der Waals surface area contributed by atoms with Crippen LogP contribution in [0.2, 0.25) is 0 Å². The quantitative estimate of drug-likeness (QED) is 0.889. The molecule has 2 amide bonds. The molecule has 1 atom stereocenters. The summed E-state index contributed by atoms with van der Waals surface area (Å²) < 4.78 is 0. The van der Waals surface area contributed by atoms with E-state index in [0.717, 1.165) is 38.8 Å². The van der Waals surface area contributed by atoms with Gasteiger partial charge in [-0.05, 0) is 37.4 Å². The number of likely N-dealkylation sites (N-methyl/N-ethyl adjacent to an activating group) is 1. The summed E-state index contributed by atoms with van der Waals surface area (Å²) in [5.41, 5.74) is 2.77. The molecule has 1 fully saturated rings. The van der Waals surface area contributed by atoms with Crippen molar-refractivity contribution in [3.63, 3.8) is 0 Å². The van der Waals surface area contributed by atoms with E-state index in [1.54, 1.807) is 0 Å². The molecule has 3 rings (SSSR count). The minimum absolute atomic E-state index is 0.0457. The van der Waals surface area contributed by atoms with Gasteiger partial charge in [0.1, 0.15) is 0 Å². The predicted octanol–water partition coefficient (Wildman–Crippen LogP) is 1.95. The number of hydrogen-bond donors (Lipinski definition) is 1. The van der Waals surface area contributed by atoms with Crippen LogP contribution < -0.4 is 5.32 Å². The summed E-state index contributed by atoms with van der Waals surface area (Å²) in [6.07, 6.45) is 5.16. The highest BCUT2D eigenvalue weighted by Gasteiger charge is 2.23. The second-order valence-electron chi connectivity index (χ2n) is 7.29. The van der Waals surface area contributed by atoms with Crippen LogP contribution in [-0.2, 0) is 22.6 Å². The highest BCUT2D eigenvalue weighted by atomic mass is 16.2. The van der Waals surface area contributed by atoms with Crippen molar-refractivity contribution in [1.82, 2.24) is 15.1 Å². The van der Waals surface area contributed by atoms with Crippen LogP contribution in [0.5, 0.6) is 0 Å². The molecule has 5 nitrogen and oxygen atoms in total. The summed E-state index contributed by atoms with van der Waals surface area (Å²) in [4.78, 5) is 28.3. The molecule has 0 spiro atoms. The number of hydrogen-bond acceptors (Lipinski definition) is 3. The van der Waals surface area contributed by atoms with E-state index in [2.05, 4.69) is 41.5 Å². The summed E-state index contributed by atoms with van der Waals surface area (Å²) in [6.45, 7) is 2.94. The van der Waals surface area contributed by atoms with E-state index in [0.29, 0.717) is 32.0 Å². The van der Waals surface area contributed by atoms with Crippen molar-refractivity contribution in [1.29, 1.82) is 0 Å². The number of benzene rings is 1. The standard InChI is InChI=1S/C20H29N3O2/c1-22-15-17-8-5-4-7-16(17)13-18(22)14-21-19(24)10-12-23-11-6-2-3-9-20(23)25/h4-5,7-8,18H,2-3,6,9-15H2,1H3,(H,21,24)/t18-/m0/s1. The predicted molar refractivity (Wildman–Crippen MR) is 98.1 cm³/mol. The zero-order valence-corrected chi connectivity index (χ0v) is 15.2. The van der Waals surface area contributed by atoms with Gasteiger partial charge < -0.3 is 10.2 Å². The summed E-state index contributed by atoms with van der Waals surface area (Å²) >= 11 is 0. The number of nitrogens with one attached hydrogen (secondary N) is 1. The normalized spacial score (nSPS) is 21.6. The van der Waals surface area contributed by atoms with E-state index in [9.17, 15) is 9.59 Å². The van der Waals surface area contributed by atoms with E-state index in [-0.39, 0.29) is 11.8 Å². The molecule has 5 heteroatoms. The van der Waals surface area contributed by atoms with Gasteiger partial charge in [0, 0.05) is 45.1 Å². The Kier molecular flexibility index (Phi) is 6.08. The van der Waals surface area contributed by atoms with Crippen molar-refractivity contribution >= 4 is 11.8 Å². The molecule has 0 radical (unpaired) electrons. The summed E-state index contributed by atoms with van der Waals surface area (Å²) in [7, 11) is 2.11. The van der Waals surface area contributed by atoms with Crippen LogP contribution in [0.15, 0.2) is 24.3 Å². The van der Waals surface area contributed by atoms with Gasteiger partial charge in [0.15, 0.2) is 0 Å². The molecular formula is C20H29N3O2. The Labute approximate surface area is 150 Å². The van der Waals surface area contributed by atoms with Gasteiger partial charge >= 0.3 is 0 Å². The molecule has 2 aliphatic rings. The van der Waals surface area contributed by atoms with Crippen molar-refractivity contribution in [3.05, 3.63) is 35.4 Å². The minimum atomic E-state index is 0.0457. The number of carbonyl (C=O) groups excluding carboxylic acids is 2. The minimum Gasteiger partial charge on any atom is -0.354 e. The molecule has 2 aliphatic heterocycles. The molecule has 1 aromatic carbocycles. The Balaban J connectivity index is 1.44. The van der Waals surface area contributed by atoms with Crippen molar-refractivity contribution in [2.45, 2.75) is 51.1 Å². The summed E-state index contributed by atoms with van der Waals surface area (Å²) in [5, 5.41) is 3.07. The first-order valence-corrected chi connectivity index (χ1v) is 9.45. The van der Waals surface area contributed by atoms with Crippen molar-refractivity contribution in [2.24, 2.45) is 0 Å². The molecule has 25 heavy (non-hydrogen) atoms. The van der Waals surface area contributed by atoms with Crippen LogP contribution in [-0.4, -0.2) is 54.3 Å². The highest BCUT2D eigenvalue weighted by Crippen LogP contribution is 2.21. The lowest BCUT2D eigenvalue weighted by molar-refractivity contribution is -0.131. The average molecular weight is 343 g/mol. The maximum absolute atomic E-state index is 12.2. The second-order valence-corrected chi connectivity index (χ2v) is 7.29. The topological polar surface area (TPSA) is 52.7 Å². The van der Waals surface area contributed by atoms with E-state index in [1.807, 2.05) is 4.90 Å². The van der Waals surface area contributed by atoms with Crippen molar-refractivity contribution < 1.29 is 9.59 Å². The van der Waals surface area contributed by atoms with Gasteiger partial charge in [-0.3, -0.25) is 14.5 Å². The molecular weight excluding hydrogens is 314 g/mol. The Hall–Kier alpha value is -1.88. The summed E-state index contributed by atoms with van der Waals surface area (Å²) in [6, 6.07) is 8.86. The van der Waals surface area contributed by atoms with Gasteiger partial charge in [-0.2, -0.15) is 0 Å². The van der Waals surface area contributed by atoms with Crippen LogP contribution >= 0.6 is 0 Å². The molecule has 0 unspecified atom stereocenters. The van der Waals surface area contributed by atoms with Crippen LogP contribution in [0.25, 0.3) is 0 Å². The first-order valence-electron chi connectivity index (χ1n) is 9.45. The third-order valence-corrected chi connectivity index (χ3v) is 5.43. The lowest BCUT2D eigenvalue weighted by Gasteiger charge is -2.34.